The summed E-state index contributed by atoms with van der Waals surface area (Å²) in [5, 5.41) is 9.85. The maximum Gasteiger partial charge on any atom is 0.245 e. The van der Waals surface area contributed by atoms with Gasteiger partial charge in [-0.3, -0.25) is 0 Å². The van der Waals surface area contributed by atoms with Crippen molar-refractivity contribution in [3.63, 3.8) is 0 Å². The third kappa shape index (κ3) is 2.01. The zero-order chi connectivity index (χ0) is 14.5. The Labute approximate surface area is 117 Å². The van der Waals surface area contributed by atoms with Gasteiger partial charge in [0.1, 0.15) is 10.7 Å². The van der Waals surface area contributed by atoms with E-state index >= 15 is 0 Å². The van der Waals surface area contributed by atoms with Crippen LogP contribution in [0.15, 0.2) is 23.1 Å². The van der Waals surface area contributed by atoms with Gasteiger partial charge < -0.3 is 10.8 Å². The van der Waals surface area contributed by atoms with Crippen molar-refractivity contribution in [2.45, 2.75) is 23.8 Å². The highest BCUT2D eigenvalue weighted by atomic mass is 32.2. The van der Waals surface area contributed by atoms with Crippen molar-refractivity contribution in [3.8, 4) is 0 Å². The zero-order valence-corrected chi connectivity index (χ0v) is 11.7. The Morgan fingerprint density at radius 3 is 2.75 bits per heavy atom. The van der Waals surface area contributed by atoms with Gasteiger partial charge in [0.25, 0.3) is 0 Å². The SMILES string of the molecule is Nc1c(F)cccc1S(=O)(=O)N1CC2CCC(O)C2C1. The molecule has 5 nitrogen and oxygen atoms in total. The van der Waals surface area contributed by atoms with E-state index in [4.69, 9.17) is 5.73 Å². The van der Waals surface area contributed by atoms with E-state index in [0.717, 1.165) is 18.9 Å². The summed E-state index contributed by atoms with van der Waals surface area (Å²) in [4.78, 5) is -0.188. The number of sulfonamides is 1. The normalized spacial score (nSPS) is 30.6. The van der Waals surface area contributed by atoms with Gasteiger partial charge in [-0.15, -0.1) is 0 Å². The molecule has 0 amide bonds. The third-order valence-electron chi connectivity index (χ3n) is 4.42. The molecule has 1 aromatic carbocycles. The second-order valence-corrected chi connectivity index (χ2v) is 7.45. The standard InChI is InChI=1S/C13H17FN2O3S/c14-10-2-1-3-12(13(10)15)20(18,19)16-6-8-4-5-11(17)9(8)7-16/h1-3,8-9,11,17H,4-7,15H2. The Morgan fingerprint density at radius 1 is 1.30 bits per heavy atom. The van der Waals surface area contributed by atoms with Crippen LogP contribution in [0, 0.1) is 17.7 Å². The Balaban J connectivity index is 1.92. The smallest absolute Gasteiger partial charge is 0.245 e. The van der Waals surface area contributed by atoms with E-state index < -0.39 is 21.9 Å². The highest BCUT2D eigenvalue weighted by Crippen LogP contribution is 2.40. The third-order valence-corrected chi connectivity index (χ3v) is 6.31. The fraction of sp³-hybridized carbons (Fsp3) is 0.538. The van der Waals surface area contributed by atoms with Crippen LogP contribution in [0.3, 0.4) is 0 Å². The molecule has 7 heteroatoms. The molecule has 1 aliphatic heterocycles. The lowest BCUT2D eigenvalue weighted by Gasteiger charge is -2.19. The number of rotatable bonds is 2. The lowest BCUT2D eigenvalue weighted by molar-refractivity contribution is 0.129. The van der Waals surface area contributed by atoms with Gasteiger partial charge in [-0.25, -0.2) is 12.8 Å². The second-order valence-electron chi connectivity index (χ2n) is 5.54. The molecule has 0 bridgehead atoms. The van der Waals surface area contributed by atoms with Gasteiger partial charge in [-0.2, -0.15) is 4.31 Å². The van der Waals surface area contributed by atoms with Crippen LogP contribution in [0.1, 0.15) is 12.8 Å². The summed E-state index contributed by atoms with van der Waals surface area (Å²) in [7, 11) is -3.80. The molecule has 1 aliphatic carbocycles. The molecule has 2 fully saturated rings. The summed E-state index contributed by atoms with van der Waals surface area (Å²) in [5.74, 6) is -0.556. The van der Waals surface area contributed by atoms with E-state index in [1.54, 1.807) is 0 Å². The molecule has 3 N–H and O–H groups in total. The van der Waals surface area contributed by atoms with Crippen LogP contribution in [0.5, 0.6) is 0 Å². The van der Waals surface area contributed by atoms with Gasteiger partial charge in [0, 0.05) is 19.0 Å². The molecule has 3 atom stereocenters. The van der Waals surface area contributed by atoms with Crippen LogP contribution >= 0.6 is 0 Å². The molecule has 110 valence electrons. The lowest BCUT2D eigenvalue weighted by atomic mass is 10.00. The monoisotopic (exact) mass is 300 g/mol. The van der Waals surface area contributed by atoms with E-state index in [1.807, 2.05) is 0 Å². The van der Waals surface area contributed by atoms with Gasteiger partial charge >= 0.3 is 0 Å². The average Bonchev–Trinajstić information content (AvgIpc) is 2.96. The Hall–Kier alpha value is -1.18. The number of hydrogen-bond acceptors (Lipinski definition) is 4. The summed E-state index contributed by atoms with van der Waals surface area (Å²) in [6.45, 7) is 0.657. The maximum atomic E-state index is 13.4. The Bertz CT molecular complexity index is 635. The highest BCUT2D eigenvalue weighted by molar-refractivity contribution is 7.89. The summed E-state index contributed by atoms with van der Waals surface area (Å²) < 4.78 is 39.8. The number of aliphatic hydroxyl groups is 1. The van der Waals surface area contributed by atoms with Crippen molar-refractivity contribution >= 4 is 15.7 Å². The lowest BCUT2D eigenvalue weighted by Crippen LogP contribution is -2.31. The minimum Gasteiger partial charge on any atom is -0.395 e. The fourth-order valence-electron chi connectivity index (χ4n) is 3.27. The zero-order valence-electron chi connectivity index (χ0n) is 10.9. The molecule has 1 aromatic rings. The summed E-state index contributed by atoms with van der Waals surface area (Å²) >= 11 is 0. The second kappa shape index (κ2) is 4.68. The first-order valence-corrected chi connectivity index (χ1v) is 8.07. The van der Waals surface area contributed by atoms with Gasteiger partial charge in [-0.1, -0.05) is 6.07 Å². The number of para-hydroxylation sites is 1. The molecule has 1 saturated carbocycles. The summed E-state index contributed by atoms with van der Waals surface area (Å²) in [6, 6.07) is 3.79. The van der Waals surface area contributed by atoms with Gasteiger partial charge in [0.2, 0.25) is 10.0 Å². The minimum atomic E-state index is -3.80. The van der Waals surface area contributed by atoms with Crippen LogP contribution in [-0.2, 0) is 10.0 Å². The molecule has 3 rings (SSSR count). The number of nitrogens with two attached hydrogens (primary N) is 1. The molecular formula is C13H17FN2O3S. The number of halogens is 1. The first-order valence-electron chi connectivity index (χ1n) is 6.63. The average molecular weight is 300 g/mol. The number of hydrogen-bond donors (Lipinski definition) is 2. The van der Waals surface area contributed by atoms with E-state index in [-0.39, 0.29) is 29.0 Å². The van der Waals surface area contributed by atoms with E-state index in [2.05, 4.69) is 0 Å². The van der Waals surface area contributed by atoms with Crippen LogP contribution in [0.25, 0.3) is 0 Å². The van der Waals surface area contributed by atoms with Crippen molar-refractivity contribution < 1.29 is 17.9 Å². The number of fused-ring (bicyclic) bond motifs is 1. The predicted octanol–water partition coefficient (Wildman–Crippen LogP) is 0.799. The van der Waals surface area contributed by atoms with Crippen LogP contribution < -0.4 is 5.73 Å². The molecule has 0 spiro atoms. The number of nitrogens with zero attached hydrogens (tertiary/aromatic N) is 1. The van der Waals surface area contributed by atoms with E-state index in [0.29, 0.717) is 6.54 Å². The number of benzene rings is 1. The molecule has 0 radical (unpaired) electrons. The van der Waals surface area contributed by atoms with Crippen LogP contribution in [-0.4, -0.2) is 37.0 Å². The summed E-state index contributed by atoms with van der Waals surface area (Å²) in [6.07, 6.45) is 1.12. The van der Waals surface area contributed by atoms with Crippen LogP contribution in [0.4, 0.5) is 10.1 Å². The van der Waals surface area contributed by atoms with Gasteiger partial charge in [0.05, 0.1) is 11.8 Å². The molecule has 2 aliphatic rings. The molecule has 0 aromatic heterocycles. The Kier molecular flexibility index (Phi) is 3.23. The van der Waals surface area contributed by atoms with E-state index in [1.165, 1.54) is 16.4 Å². The maximum absolute atomic E-state index is 13.4. The first kappa shape index (κ1) is 13.8. The molecule has 1 saturated heterocycles. The fourth-order valence-corrected chi connectivity index (χ4v) is 4.93. The van der Waals surface area contributed by atoms with Crippen molar-refractivity contribution in [2.75, 3.05) is 18.8 Å². The number of nitrogen functional groups attached to an aromatic ring is 1. The quantitative estimate of drug-likeness (QED) is 0.791. The minimum absolute atomic E-state index is 0.0143. The van der Waals surface area contributed by atoms with Crippen molar-refractivity contribution in [2.24, 2.45) is 11.8 Å². The van der Waals surface area contributed by atoms with Gasteiger partial charge in [0.15, 0.2) is 0 Å². The topological polar surface area (TPSA) is 83.6 Å². The van der Waals surface area contributed by atoms with E-state index in [9.17, 15) is 17.9 Å². The molecule has 3 unspecified atom stereocenters. The van der Waals surface area contributed by atoms with Gasteiger partial charge in [-0.05, 0) is 30.9 Å². The first-order chi connectivity index (χ1) is 9.41. The molecule has 1 heterocycles. The highest BCUT2D eigenvalue weighted by Gasteiger charge is 2.46. The number of aliphatic hydroxyl groups excluding tert-OH is 1. The Morgan fingerprint density at radius 2 is 2.05 bits per heavy atom. The van der Waals surface area contributed by atoms with Crippen molar-refractivity contribution in [1.29, 1.82) is 0 Å². The molecule has 20 heavy (non-hydrogen) atoms. The number of anilines is 1. The van der Waals surface area contributed by atoms with Crippen molar-refractivity contribution in [1.82, 2.24) is 4.31 Å². The molecular weight excluding hydrogens is 283 g/mol. The van der Waals surface area contributed by atoms with Crippen molar-refractivity contribution in [3.05, 3.63) is 24.0 Å². The van der Waals surface area contributed by atoms with Crippen LogP contribution in [0.2, 0.25) is 0 Å². The predicted molar refractivity (Wildman–Crippen MR) is 71.8 cm³/mol. The summed E-state index contributed by atoms with van der Waals surface area (Å²) in [5.41, 5.74) is 5.21. The largest absolute Gasteiger partial charge is 0.395 e.